The molecule has 1 aromatic rings. The molecule has 100 valence electrons. The highest BCUT2D eigenvalue weighted by molar-refractivity contribution is 7.99. The van der Waals surface area contributed by atoms with Crippen LogP contribution in [0.2, 0.25) is 5.28 Å². The lowest BCUT2D eigenvalue weighted by atomic mass is 10.2. The lowest BCUT2D eigenvalue weighted by molar-refractivity contribution is 0.0999. The van der Waals surface area contributed by atoms with Gasteiger partial charge in [-0.2, -0.15) is 15.0 Å². The first kappa shape index (κ1) is 13.8. The number of hydrogen-bond acceptors (Lipinski definition) is 6. The van der Waals surface area contributed by atoms with Gasteiger partial charge in [-0.25, -0.2) is 0 Å². The van der Waals surface area contributed by atoms with Gasteiger partial charge in [-0.15, -0.1) is 0 Å². The van der Waals surface area contributed by atoms with Crippen LogP contribution < -0.4 is 4.74 Å². The highest BCUT2D eigenvalue weighted by Crippen LogP contribution is 2.28. The second-order valence-electron chi connectivity index (χ2n) is 4.27. The van der Waals surface area contributed by atoms with E-state index >= 15 is 0 Å². The predicted octanol–water partition coefficient (Wildman–Crippen LogP) is 2.58. The van der Waals surface area contributed by atoms with Crippen molar-refractivity contribution in [3.8, 4) is 6.01 Å². The number of nitrogens with zero attached hydrogens (tertiary/aromatic N) is 3. The molecule has 0 amide bonds. The molecule has 1 saturated heterocycles. The fourth-order valence-corrected chi connectivity index (χ4v) is 2.77. The van der Waals surface area contributed by atoms with E-state index < -0.39 is 0 Å². The van der Waals surface area contributed by atoms with E-state index in [0.717, 1.165) is 26.1 Å². The van der Waals surface area contributed by atoms with Crippen LogP contribution in [0.15, 0.2) is 5.16 Å². The molecule has 1 aliphatic rings. The third-order valence-corrected chi connectivity index (χ3v) is 3.72. The molecule has 0 radical (unpaired) electrons. The first-order valence-electron chi connectivity index (χ1n) is 5.96. The lowest BCUT2D eigenvalue weighted by Gasteiger charge is -2.20. The van der Waals surface area contributed by atoms with E-state index in [4.69, 9.17) is 21.1 Å². The van der Waals surface area contributed by atoms with Crippen LogP contribution in [-0.4, -0.2) is 39.5 Å². The molecule has 0 N–H and O–H groups in total. The number of aromatic nitrogens is 3. The zero-order chi connectivity index (χ0) is 13.0. The summed E-state index contributed by atoms with van der Waals surface area (Å²) < 4.78 is 10.8. The molecule has 0 spiro atoms. The normalized spacial score (nSPS) is 17.1. The van der Waals surface area contributed by atoms with Crippen LogP contribution in [0.25, 0.3) is 0 Å². The van der Waals surface area contributed by atoms with Crippen molar-refractivity contribution in [1.29, 1.82) is 0 Å². The SMILES string of the molecule is CC(C)Oc1nc(Cl)nc(SC2CCOCC2)n1. The van der Waals surface area contributed by atoms with E-state index in [-0.39, 0.29) is 11.4 Å². The van der Waals surface area contributed by atoms with E-state index in [0.29, 0.717) is 16.4 Å². The molecule has 2 rings (SSSR count). The summed E-state index contributed by atoms with van der Waals surface area (Å²) in [6.45, 7) is 5.43. The predicted molar refractivity (Wildman–Crippen MR) is 70.3 cm³/mol. The van der Waals surface area contributed by atoms with Gasteiger partial charge in [-0.05, 0) is 38.3 Å². The van der Waals surface area contributed by atoms with Gasteiger partial charge in [0.25, 0.3) is 0 Å². The van der Waals surface area contributed by atoms with Crippen LogP contribution in [0.1, 0.15) is 26.7 Å². The summed E-state index contributed by atoms with van der Waals surface area (Å²) in [5, 5.41) is 1.27. The number of thioether (sulfide) groups is 1. The molecule has 18 heavy (non-hydrogen) atoms. The molecule has 0 saturated carbocycles. The maximum Gasteiger partial charge on any atom is 0.321 e. The van der Waals surface area contributed by atoms with Gasteiger partial charge in [0.05, 0.1) is 6.10 Å². The quantitative estimate of drug-likeness (QED) is 0.849. The first-order valence-corrected chi connectivity index (χ1v) is 7.22. The van der Waals surface area contributed by atoms with E-state index in [1.165, 1.54) is 0 Å². The minimum atomic E-state index is 0.0180. The Balaban J connectivity index is 2.04. The van der Waals surface area contributed by atoms with Gasteiger partial charge < -0.3 is 9.47 Å². The second kappa shape index (κ2) is 6.54. The molecule has 1 aliphatic heterocycles. The Morgan fingerprint density at radius 2 is 2.00 bits per heavy atom. The van der Waals surface area contributed by atoms with Gasteiger partial charge in [0, 0.05) is 18.5 Å². The maximum absolute atomic E-state index is 5.87. The molecule has 0 bridgehead atoms. The zero-order valence-electron chi connectivity index (χ0n) is 10.4. The first-order chi connectivity index (χ1) is 8.63. The fourth-order valence-electron chi connectivity index (χ4n) is 1.57. The molecule has 1 fully saturated rings. The van der Waals surface area contributed by atoms with Gasteiger partial charge in [-0.1, -0.05) is 11.8 Å². The van der Waals surface area contributed by atoms with Gasteiger partial charge >= 0.3 is 6.01 Å². The van der Waals surface area contributed by atoms with Gasteiger partial charge in [-0.3, -0.25) is 0 Å². The summed E-state index contributed by atoms with van der Waals surface area (Å²) in [4.78, 5) is 12.3. The third-order valence-electron chi connectivity index (χ3n) is 2.35. The zero-order valence-corrected chi connectivity index (χ0v) is 12.0. The van der Waals surface area contributed by atoms with Crippen molar-refractivity contribution in [2.45, 2.75) is 43.2 Å². The topological polar surface area (TPSA) is 57.1 Å². The molecule has 2 heterocycles. The minimum absolute atomic E-state index is 0.0180. The average Bonchev–Trinajstić information content (AvgIpc) is 2.28. The van der Waals surface area contributed by atoms with E-state index in [2.05, 4.69) is 15.0 Å². The monoisotopic (exact) mass is 289 g/mol. The lowest BCUT2D eigenvalue weighted by Crippen LogP contribution is -2.18. The third kappa shape index (κ3) is 4.26. The molecule has 0 atom stereocenters. The largest absolute Gasteiger partial charge is 0.461 e. The molecule has 0 unspecified atom stereocenters. The number of hydrogen-bond donors (Lipinski definition) is 0. The maximum atomic E-state index is 5.87. The van der Waals surface area contributed by atoms with Crippen LogP contribution in [0.5, 0.6) is 6.01 Å². The Hall–Kier alpha value is -0.590. The highest BCUT2D eigenvalue weighted by Gasteiger charge is 2.18. The van der Waals surface area contributed by atoms with Crippen molar-refractivity contribution in [2.24, 2.45) is 0 Å². The van der Waals surface area contributed by atoms with Gasteiger partial charge in [0.2, 0.25) is 5.28 Å². The summed E-state index contributed by atoms with van der Waals surface area (Å²) in [6.07, 6.45) is 2.03. The van der Waals surface area contributed by atoms with E-state index in [1.54, 1.807) is 11.8 Å². The van der Waals surface area contributed by atoms with Crippen molar-refractivity contribution in [3.05, 3.63) is 5.28 Å². The summed E-state index contributed by atoms with van der Waals surface area (Å²) in [5.41, 5.74) is 0. The molecule has 1 aromatic heterocycles. The summed E-state index contributed by atoms with van der Waals surface area (Å²) in [6, 6.07) is 0.291. The summed E-state index contributed by atoms with van der Waals surface area (Å²) in [5.74, 6) is 0. The Morgan fingerprint density at radius 1 is 1.28 bits per heavy atom. The van der Waals surface area contributed by atoms with Crippen molar-refractivity contribution in [1.82, 2.24) is 15.0 Å². The van der Waals surface area contributed by atoms with E-state index in [1.807, 2.05) is 13.8 Å². The van der Waals surface area contributed by atoms with Crippen LogP contribution >= 0.6 is 23.4 Å². The summed E-state index contributed by atoms with van der Waals surface area (Å²) >= 11 is 7.48. The average molecular weight is 290 g/mol. The van der Waals surface area contributed by atoms with Crippen molar-refractivity contribution in [2.75, 3.05) is 13.2 Å². The molecular formula is C11H16ClN3O2S. The Morgan fingerprint density at radius 3 is 2.67 bits per heavy atom. The van der Waals surface area contributed by atoms with Crippen molar-refractivity contribution >= 4 is 23.4 Å². The van der Waals surface area contributed by atoms with Gasteiger partial charge in [0.15, 0.2) is 5.16 Å². The fraction of sp³-hybridized carbons (Fsp3) is 0.727. The molecule has 0 aromatic carbocycles. The van der Waals surface area contributed by atoms with Crippen LogP contribution in [0.4, 0.5) is 0 Å². The molecule has 0 aliphatic carbocycles. The molecule has 5 nitrogen and oxygen atoms in total. The standard InChI is InChI=1S/C11H16ClN3O2S/c1-7(2)17-10-13-9(12)14-11(15-10)18-8-3-5-16-6-4-8/h7-8H,3-6H2,1-2H3. The second-order valence-corrected chi connectivity index (χ2v) is 5.87. The van der Waals surface area contributed by atoms with Crippen LogP contribution in [0.3, 0.4) is 0 Å². The van der Waals surface area contributed by atoms with Crippen molar-refractivity contribution in [3.63, 3.8) is 0 Å². The highest BCUT2D eigenvalue weighted by atomic mass is 35.5. The number of halogens is 1. The Kier molecular flexibility index (Phi) is 5.03. The minimum Gasteiger partial charge on any atom is -0.461 e. The van der Waals surface area contributed by atoms with E-state index in [9.17, 15) is 0 Å². The Bertz CT molecular complexity index is 400. The molecule has 7 heteroatoms. The van der Waals surface area contributed by atoms with Crippen LogP contribution in [0, 0.1) is 0 Å². The number of rotatable bonds is 4. The molecular weight excluding hydrogens is 274 g/mol. The number of ether oxygens (including phenoxy) is 2. The van der Waals surface area contributed by atoms with Crippen molar-refractivity contribution < 1.29 is 9.47 Å². The summed E-state index contributed by atoms with van der Waals surface area (Å²) in [7, 11) is 0. The smallest absolute Gasteiger partial charge is 0.321 e. The Labute approximate surface area is 116 Å². The van der Waals surface area contributed by atoms with Crippen LogP contribution in [-0.2, 0) is 4.74 Å². The van der Waals surface area contributed by atoms with Gasteiger partial charge in [0.1, 0.15) is 0 Å².